The number of nitrogens with one attached hydrogen (secondary N) is 3. The van der Waals surface area contributed by atoms with Crippen molar-refractivity contribution in [3.8, 4) is 22.6 Å². The van der Waals surface area contributed by atoms with Gasteiger partial charge in [0.05, 0.1) is 49.5 Å². The van der Waals surface area contributed by atoms with Gasteiger partial charge in [0.1, 0.15) is 35.3 Å². The van der Waals surface area contributed by atoms with Crippen LogP contribution in [0.1, 0.15) is 65.3 Å². The number of hydrogen-bond acceptors (Lipinski definition) is 14. The molecule has 5 heterocycles. The summed E-state index contributed by atoms with van der Waals surface area (Å²) in [7, 11) is 0. The Morgan fingerprint density at radius 3 is 2.25 bits per heavy atom. The number of nitrogens with two attached hydrogens (primary N) is 1. The monoisotopic (exact) mass is 912 g/mol. The van der Waals surface area contributed by atoms with Crippen LogP contribution < -0.4 is 26.4 Å². The summed E-state index contributed by atoms with van der Waals surface area (Å²) < 4.78 is 19.9. The lowest BCUT2D eigenvalue weighted by atomic mass is 9.89. The lowest BCUT2D eigenvalue weighted by molar-refractivity contribution is -0.136. The SMILES string of the molecule is Nc1ncnc2c1c(-c1ccc(Oc3ccccc3)cc1)cn2[C@H]1CC[C@H](N2CCN(CCOCCOCCNC(=O)CNc3cccc4c3C(=O)N(C3CCC(=O)NC3=O)C4=O)CC2)CC1. The van der Waals surface area contributed by atoms with Crippen molar-refractivity contribution >= 4 is 52.1 Å². The first-order chi connectivity index (χ1) is 32.7. The van der Waals surface area contributed by atoms with E-state index in [1.165, 1.54) is 6.07 Å². The molecule has 2 saturated heterocycles. The summed E-state index contributed by atoms with van der Waals surface area (Å²) in [5.74, 6) is -0.643. The molecule has 1 aliphatic carbocycles. The second-order valence-corrected chi connectivity index (χ2v) is 17.3. The van der Waals surface area contributed by atoms with Crippen molar-refractivity contribution in [1.82, 2.24) is 39.9 Å². The number of piperidine rings is 1. The van der Waals surface area contributed by atoms with E-state index in [2.05, 4.69) is 53.6 Å². The molecule has 1 saturated carbocycles. The highest BCUT2D eigenvalue weighted by molar-refractivity contribution is 6.25. The van der Waals surface area contributed by atoms with E-state index in [4.69, 9.17) is 24.9 Å². The Morgan fingerprint density at radius 1 is 0.761 bits per heavy atom. The molecule has 0 spiro atoms. The minimum absolute atomic E-state index is 0.0320. The second kappa shape index (κ2) is 20.8. The summed E-state index contributed by atoms with van der Waals surface area (Å²) in [5.41, 5.74) is 9.98. The molecular weight excluding hydrogens is 857 g/mol. The van der Waals surface area contributed by atoms with Gasteiger partial charge in [-0.1, -0.05) is 36.4 Å². The Hall–Kier alpha value is -6.73. The first-order valence-electron chi connectivity index (χ1n) is 23.1. The number of aromatic nitrogens is 3. The number of carbonyl (C=O) groups is 5. The maximum absolute atomic E-state index is 13.3. The number of anilines is 2. The standard InChI is InChI=1S/C49H56N10O8/c50-45-44-38(32-9-15-36(16-10-32)67-35-5-2-1-3-6-35)30-58(46(44)54-31-53-45)34-13-11-33(12-14-34)57-22-20-56(21-23-57)24-26-66-28-27-65-25-19-51-42(61)29-52-39-8-4-7-37-43(39)49(64)59(48(37)63)40-17-18-41(60)55-47(40)62/h1-10,15-16,30-31,33-34,40,52H,11-14,17-29H2,(H,51,61)(H2,50,53,54)(H,55,60,62)/t33-,34-,40?. The van der Waals surface area contributed by atoms with Gasteiger partial charge in [-0.25, -0.2) is 9.97 Å². The largest absolute Gasteiger partial charge is 0.457 e. The Kier molecular flexibility index (Phi) is 14.1. The van der Waals surface area contributed by atoms with Gasteiger partial charge in [-0.15, -0.1) is 0 Å². The topological polar surface area (TPSA) is 216 Å². The van der Waals surface area contributed by atoms with Gasteiger partial charge >= 0.3 is 0 Å². The highest BCUT2D eigenvalue weighted by atomic mass is 16.5. The number of nitrogen functional groups attached to an aromatic ring is 1. The van der Waals surface area contributed by atoms with Crippen LogP contribution in [0.4, 0.5) is 11.5 Å². The predicted octanol–water partition coefficient (Wildman–Crippen LogP) is 4.24. The maximum Gasteiger partial charge on any atom is 0.264 e. The molecule has 0 bridgehead atoms. The van der Waals surface area contributed by atoms with Crippen LogP contribution in [0.2, 0.25) is 0 Å². The number of para-hydroxylation sites is 1. The van der Waals surface area contributed by atoms with Crippen LogP contribution in [0.15, 0.2) is 85.3 Å². The molecule has 5 N–H and O–H groups in total. The number of imide groups is 2. The van der Waals surface area contributed by atoms with E-state index in [1.54, 1.807) is 18.5 Å². The normalized spacial score (nSPS) is 20.2. The van der Waals surface area contributed by atoms with Crippen molar-refractivity contribution in [2.24, 2.45) is 0 Å². The molecule has 350 valence electrons. The number of benzene rings is 3. The summed E-state index contributed by atoms with van der Waals surface area (Å²) in [6.45, 7) is 6.88. The summed E-state index contributed by atoms with van der Waals surface area (Å²) in [5, 5.41) is 8.79. The van der Waals surface area contributed by atoms with Crippen LogP contribution >= 0.6 is 0 Å². The minimum atomic E-state index is -1.07. The molecule has 18 heteroatoms. The van der Waals surface area contributed by atoms with Crippen LogP contribution in [0.5, 0.6) is 11.5 Å². The Bertz CT molecular complexity index is 2590. The predicted molar refractivity (Wildman–Crippen MR) is 249 cm³/mol. The van der Waals surface area contributed by atoms with E-state index in [1.807, 2.05) is 42.5 Å². The smallest absolute Gasteiger partial charge is 0.264 e. The van der Waals surface area contributed by atoms with Gasteiger partial charge in [0, 0.05) is 75.2 Å². The lowest BCUT2D eigenvalue weighted by Crippen LogP contribution is -2.54. The second-order valence-electron chi connectivity index (χ2n) is 17.3. The van der Waals surface area contributed by atoms with Crippen molar-refractivity contribution in [2.45, 2.75) is 56.7 Å². The Labute approximate surface area is 388 Å². The zero-order chi connectivity index (χ0) is 46.3. The van der Waals surface area contributed by atoms with Crippen molar-refractivity contribution in [3.63, 3.8) is 0 Å². The first-order valence-corrected chi connectivity index (χ1v) is 23.1. The van der Waals surface area contributed by atoms with Crippen molar-refractivity contribution < 1.29 is 38.2 Å². The molecule has 0 radical (unpaired) electrons. The fourth-order valence-electron chi connectivity index (χ4n) is 9.66. The fraction of sp³-hybridized carbons (Fsp3) is 0.408. The molecule has 3 fully saturated rings. The zero-order valence-electron chi connectivity index (χ0n) is 37.4. The number of hydrogen-bond donors (Lipinski definition) is 4. The van der Waals surface area contributed by atoms with E-state index in [0.717, 1.165) is 97.0 Å². The molecule has 9 rings (SSSR count). The van der Waals surface area contributed by atoms with E-state index >= 15 is 0 Å². The average molecular weight is 913 g/mol. The summed E-state index contributed by atoms with van der Waals surface area (Å²) in [4.78, 5) is 78.0. The van der Waals surface area contributed by atoms with E-state index in [9.17, 15) is 24.0 Å². The van der Waals surface area contributed by atoms with Crippen LogP contribution in [0.3, 0.4) is 0 Å². The first kappa shape index (κ1) is 45.4. The molecule has 3 aromatic carbocycles. The van der Waals surface area contributed by atoms with Gasteiger partial charge in [-0.05, 0) is 74.1 Å². The van der Waals surface area contributed by atoms with Crippen molar-refractivity contribution in [2.75, 3.05) is 83.3 Å². The molecule has 18 nitrogen and oxygen atoms in total. The molecule has 4 aliphatic rings. The van der Waals surface area contributed by atoms with Crippen molar-refractivity contribution in [3.05, 3.63) is 96.4 Å². The highest BCUT2D eigenvalue weighted by Crippen LogP contribution is 2.40. The van der Waals surface area contributed by atoms with Gasteiger partial charge in [-0.2, -0.15) is 0 Å². The third kappa shape index (κ3) is 10.3. The molecule has 3 aliphatic heterocycles. The van der Waals surface area contributed by atoms with Crippen LogP contribution in [-0.2, 0) is 23.9 Å². The average Bonchev–Trinajstić information content (AvgIpc) is 3.86. The Balaban J connectivity index is 0.639. The molecule has 1 unspecified atom stereocenters. The third-order valence-electron chi connectivity index (χ3n) is 13.2. The third-order valence-corrected chi connectivity index (χ3v) is 13.2. The van der Waals surface area contributed by atoms with Gasteiger partial charge in [0.2, 0.25) is 17.7 Å². The zero-order valence-corrected chi connectivity index (χ0v) is 37.4. The quantitative estimate of drug-likeness (QED) is 0.0716. The van der Waals surface area contributed by atoms with Crippen LogP contribution in [0.25, 0.3) is 22.2 Å². The molecule has 5 aromatic rings. The van der Waals surface area contributed by atoms with Crippen LogP contribution in [0, 0.1) is 0 Å². The summed E-state index contributed by atoms with van der Waals surface area (Å²) >= 11 is 0. The molecule has 1 atom stereocenters. The fourth-order valence-corrected chi connectivity index (χ4v) is 9.66. The van der Waals surface area contributed by atoms with E-state index in [-0.39, 0.29) is 43.0 Å². The molecule has 2 aromatic heterocycles. The molecule has 5 amide bonds. The number of fused-ring (bicyclic) bond motifs is 2. The van der Waals surface area contributed by atoms with E-state index < -0.39 is 29.7 Å². The summed E-state index contributed by atoms with van der Waals surface area (Å²) in [6, 6.07) is 22.4. The summed E-state index contributed by atoms with van der Waals surface area (Å²) in [6.07, 6.45) is 8.26. The van der Waals surface area contributed by atoms with Crippen LogP contribution in [-0.4, -0.2) is 143 Å². The number of ether oxygens (including phenoxy) is 3. The van der Waals surface area contributed by atoms with Gasteiger partial charge in [0.15, 0.2) is 0 Å². The van der Waals surface area contributed by atoms with Crippen molar-refractivity contribution in [1.29, 1.82) is 0 Å². The lowest BCUT2D eigenvalue weighted by Gasteiger charge is -2.42. The molecule has 67 heavy (non-hydrogen) atoms. The number of nitrogens with zero attached hydrogens (tertiary/aromatic N) is 6. The number of amides is 5. The van der Waals surface area contributed by atoms with Gasteiger partial charge < -0.3 is 35.1 Å². The highest BCUT2D eigenvalue weighted by Gasteiger charge is 2.45. The Morgan fingerprint density at radius 2 is 1.49 bits per heavy atom. The van der Waals surface area contributed by atoms with Gasteiger partial charge in [0.25, 0.3) is 11.8 Å². The van der Waals surface area contributed by atoms with E-state index in [0.29, 0.717) is 50.0 Å². The number of carbonyl (C=O) groups excluding carboxylic acids is 5. The maximum atomic E-state index is 13.3. The number of rotatable bonds is 18. The molecular formula is C49H56N10O8. The van der Waals surface area contributed by atoms with Gasteiger partial charge in [-0.3, -0.25) is 44.0 Å². The minimum Gasteiger partial charge on any atom is -0.457 e. The number of piperazine rings is 1.